The van der Waals surface area contributed by atoms with Crippen LogP contribution in [-0.2, 0) is 0 Å². The average molecular weight is 117 g/mol. The molecule has 0 aromatic rings. The largest absolute Gasteiger partial charge is 0.330 e. The van der Waals surface area contributed by atoms with E-state index in [4.69, 9.17) is 11.5 Å². The lowest BCUT2D eigenvalue weighted by molar-refractivity contribution is 0.538. The number of hydrogen-bond acceptors (Lipinski definition) is 3. The molecule has 0 bridgehead atoms. The molecule has 50 valence electrons. The third-order valence-corrected chi connectivity index (χ3v) is 1.21. The highest BCUT2D eigenvalue weighted by Crippen LogP contribution is 1.82. The SMILES string of the molecule is CNC(CN)CCN. The Bertz CT molecular complexity index is 42.9. The molecular formula is C5H15N3. The summed E-state index contributed by atoms with van der Waals surface area (Å²) in [6, 6.07) is 0.403. The van der Waals surface area contributed by atoms with Gasteiger partial charge in [-0.15, -0.1) is 0 Å². The summed E-state index contributed by atoms with van der Waals surface area (Å²) in [7, 11) is 1.90. The first-order valence-corrected chi connectivity index (χ1v) is 2.92. The Hall–Kier alpha value is -0.120. The summed E-state index contributed by atoms with van der Waals surface area (Å²) < 4.78 is 0. The summed E-state index contributed by atoms with van der Waals surface area (Å²) in [5.41, 5.74) is 10.6. The smallest absolute Gasteiger partial charge is 0.0199 e. The van der Waals surface area contributed by atoms with Crippen LogP contribution >= 0.6 is 0 Å². The molecule has 0 rings (SSSR count). The Morgan fingerprint density at radius 1 is 1.50 bits per heavy atom. The van der Waals surface area contributed by atoms with Gasteiger partial charge in [0.1, 0.15) is 0 Å². The molecule has 3 nitrogen and oxygen atoms in total. The van der Waals surface area contributed by atoms with Gasteiger partial charge in [-0.3, -0.25) is 0 Å². The van der Waals surface area contributed by atoms with Crippen LogP contribution in [0, 0.1) is 0 Å². The lowest BCUT2D eigenvalue weighted by atomic mass is 10.2. The van der Waals surface area contributed by atoms with E-state index < -0.39 is 0 Å². The standard InChI is InChI=1S/C5H15N3/c1-8-5(4-7)2-3-6/h5,8H,2-4,6-7H2,1H3. The summed E-state index contributed by atoms with van der Waals surface area (Å²) in [5.74, 6) is 0. The molecule has 1 atom stereocenters. The lowest BCUT2D eigenvalue weighted by Gasteiger charge is -2.10. The van der Waals surface area contributed by atoms with E-state index in [1.807, 2.05) is 7.05 Å². The maximum atomic E-state index is 5.35. The minimum absolute atomic E-state index is 0.403. The second-order valence-electron chi connectivity index (χ2n) is 1.80. The molecule has 3 heteroatoms. The zero-order valence-electron chi connectivity index (χ0n) is 5.35. The van der Waals surface area contributed by atoms with Crippen molar-refractivity contribution in [3.8, 4) is 0 Å². The Balaban J connectivity index is 3.07. The van der Waals surface area contributed by atoms with E-state index in [-0.39, 0.29) is 0 Å². The van der Waals surface area contributed by atoms with Crippen LogP contribution in [0.25, 0.3) is 0 Å². The van der Waals surface area contributed by atoms with E-state index in [2.05, 4.69) is 5.32 Å². The van der Waals surface area contributed by atoms with Gasteiger partial charge in [0.25, 0.3) is 0 Å². The number of nitrogens with two attached hydrogens (primary N) is 2. The van der Waals surface area contributed by atoms with Gasteiger partial charge < -0.3 is 16.8 Å². The Morgan fingerprint density at radius 2 is 2.12 bits per heavy atom. The average Bonchev–Trinajstić information content (AvgIpc) is 1.83. The van der Waals surface area contributed by atoms with Gasteiger partial charge in [-0.25, -0.2) is 0 Å². The minimum Gasteiger partial charge on any atom is -0.330 e. The van der Waals surface area contributed by atoms with E-state index in [0.29, 0.717) is 19.1 Å². The van der Waals surface area contributed by atoms with Crippen LogP contribution in [0.1, 0.15) is 6.42 Å². The van der Waals surface area contributed by atoms with Crippen molar-refractivity contribution in [2.75, 3.05) is 20.1 Å². The van der Waals surface area contributed by atoms with Crippen molar-refractivity contribution >= 4 is 0 Å². The molecular weight excluding hydrogens is 102 g/mol. The van der Waals surface area contributed by atoms with Crippen LogP contribution in [-0.4, -0.2) is 26.2 Å². The second-order valence-corrected chi connectivity index (χ2v) is 1.80. The fourth-order valence-electron chi connectivity index (χ4n) is 0.581. The second kappa shape index (κ2) is 5.03. The molecule has 0 saturated carbocycles. The van der Waals surface area contributed by atoms with Crippen molar-refractivity contribution in [1.29, 1.82) is 0 Å². The summed E-state index contributed by atoms with van der Waals surface area (Å²) in [6.45, 7) is 1.39. The highest BCUT2D eigenvalue weighted by Gasteiger charge is 1.98. The topological polar surface area (TPSA) is 64.1 Å². The molecule has 0 spiro atoms. The van der Waals surface area contributed by atoms with Crippen molar-refractivity contribution in [2.24, 2.45) is 11.5 Å². The maximum absolute atomic E-state index is 5.35. The van der Waals surface area contributed by atoms with Gasteiger partial charge in [0, 0.05) is 12.6 Å². The van der Waals surface area contributed by atoms with Crippen molar-refractivity contribution in [1.82, 2.24) is 5.32 Å². The third-order valence-electron chi connectivity index (χ3n) is 1.21. The highest BCUT2D eigenvalue weighted by molar-refractivity contribution is 4.63. The summed E-state index contributed by atoms with van der Waals surface area (Å²) >= 11 is 0. The van der Waals surface area contributed by atoms with Crippen LogP contribution in [0.4, 0.5) is 0 Å². The monoisotopic (exact) mass is 117 g/mol. The molecule has 8 heavy (non-hydrogen) atoms. The highest BCUT2D eigenvalue weighted by atomic mass is 14.9. The van der Waals surface area contributed by atoms with Crippen molar-refractivity contribution in [3.05, 3.63) is 0 Å². The van der Waals surface area contributed by atoms with Gasteiger partial charge >= 0.3 is 0 Å². The van der Waals surface area contributed by atoms with Crippen LogP contribution < -0.4 is 16.8 Å². The first kappa shape index (κ1) is 7.88. The molecule has 0 aliphatic heterocycles. The molecule has 0 radical (unpaired) electrons. The molecule has 1 unspecified atom stereocenters. The predicted molar refractivity (Wildman–Crippen MR) is 35.6 cm³/mol. The van der Waals surface area contributed by atoms with Crippen LogP contribution in [0.2, 0.25) is 0 Å². The first-order chi connectivity index (χ1) is 3.85. The maximum Gasteiger partial charge on any atom is 0.0199 e. The fourth-order valence-corrected chi connectivity index (χ4v) is 0.581. The number of hydrogen-bond donors (Lipinski definition) is 3. The van der Waals surface area contributed by atoms with Gasteiger partial charge in [0.2, 0.25) is 0 Å². The summed E-state index contributed by atoms with van der Waals surface area (Å²) in [5, 5.41) is 3.05. The van der Waals surface area contributed by atoms with Crippen molar-refractivity contribution < 1.29 is 0 Å². The predicted octanol–water partition coefficient (Wildman–Crippen LogP) is -1.12. The van der Waals surface area contributed by atoms with Crippen LogP contribution in [0.15, 0.2) is 0 Å². The van der Waals surface area contributed by atoms with Gasteiger partial charge in [-0.1, -0.05) is 0 Å². The fraction of sp³-hybridized carbons (Fsp3) is 1.00. The number of nitrogens with one attached hydrogen (secondary N) is 1. The molecule has 0 aliphatic carbocycles. The molecule has 0 aromatic heterocycles. The molecule has 5 N–H and O–H groups in total. The van der Waals surface area contributed by atoms with Crippen LogP contribution in [0.5, 0.6) is 0 Å². The van der Waals surface area contributed by atoms with E-state index in [0.717, 1.165) is 6.42 Å². The van der Waals surface area contributed by atoms with Gasteiger partial charge in [0.05, 0.1) is 0 Å². The zero-order chi connectivity index (χ0) is 6.41. The van der Waals surface area contributed by atoms with Crippen molar-refractivity contribution in [2.45, 2.75) is 12.5 Å². The number of likely N-dealkylation sites (N-methyl/N-ethyl adjacent to an activating group) is 1. The van der Waals surface area contributed by atoms with Crippen molar-refractivity contribution in [3.63, 3.8) is 0 Å². The van der Waals surface area contributed by atoms with E-state index in [1.54, 1.807) is 0 Å². The zero-order valence-corrected chi connectivity index (χ0v) is 5.35. The van der Waals surface area contributed by atoms with E-state index in [1.165, 1.54) is 0 Å². The Morgan fingerprint density at radius 3 is 2.25 bits per heavy atom. The third kappa shape index (κ3) is 2.96. The Kier molecular flexibility index (Phi) is 4.95. The quantitative estimate of drug-likeness (QED) is 0.437. The molecule has 0 aromatic carbocycles. The van der Waals surface area contributed by atoms with Gasteiger partial charge in [0.15, 0.2) is 0 Å². The minimum atomic E-state index is 0.403. The van der Waals surface area contributed by atoms with Gasteiger partial charge in [-0.05, 0) is 20.0 Å². The normalized spacial score (nSPS) is 13.9. The summed E-state index contributed by atoms with van der Waals surface area (Å²) in [6.07, 6.45) is 0.965. The van der Waals surface area contributed by atoms with Crippen LogP contribution in [0.3, 0.4) is 0 Å². The Labute approximate surface area is 50.4 Å². The molecule has 0 heterocycles. The summed E-state index contributed by atoms with van der Waals surface area (Å²) in [4.78, 5) is 0. The lowest BCUT2D eigenvalue weighted by Crippen LogP contribution is -2.34. The molecule has 0 amide bonds. The molecule has 0 fully saturated rings. The number of rotatable bonds is 4. The molecule has 0 aliphatic rings. The van der Waals surface area contributed by atoms with E-state index >= 15 is 0 Å². The van der Waals surface area contributed by atoms with E-state index in [9.17, 15) is 0 Å². The van der Waals surface area contributed by atoms with Gasteiger partial charge in [-0.2, -0.15) is 0 Å². The first-order valence-electron chi connectivity index (χ1n) is 2.92. The molecule has 0 saturated heterocycles.